The third kappa shape index (κ3) is 1.32. The van der Waals surface area contributed by atoms with Crippen LogP contribution in [-0.2, 0) is 0 Å². The van der Waals surface area contributed by atoms with Crippen LogP contribution in [0.3, 0.4) is 0 Å². The average molecular weight is 170 g/mol. The van der Waals surface area contributed by atoms with Gasteiger partial charge in [-0.15, -0.1) is 0 Å². The van der Waals surface area contributed by atoms with Crippen molar-refractivity contribution >= 4 is 22.2 Å². The van der Waals surface area contributed by atoms with Gasteiger partial charge in [-0.1, -0.05) is 0 Å². The number of nitrogens with two attached hydrogens (primary N) is 2. The van der Waals surface area contributed by atoms with Crippen molar-refractivity contribution in [3.8, 4) is 0 Å². The molecule has 0 saturated heterocycles. The Morgan fingerprint density at radius 1 is 1.64 bits per heavy atom. The first kappa shape index (κ1) is 8.00. The van der Waals surface area contributed by atoms with Crippen LogP contribution in [0.25, 0.3) is 0 Å². The maximum absolute atomic E-state index is 5.64. The van der Waals surface area contributed by atoms with Crippen LogP contribution in [0.2, 0.25) is 0 Å². The van der Waals surface area contributed by atoms with E-state index in [1.807, 2.05) is 13.8 Å². The quantitative estimate of drug-likeness (QED) is 0.370. The van der Waals surface area contributed by atoms with E-state index in [4.69, 9.17) is 11.6 Å². The fourth-order valence-corrected chi connectivity index (χ4v) is 1.61. The summed E-state index contributed by atoms with van der Waals surface area (Å²) in [5, 5.41) is 4.23. The molecule has 1 aromatic heterocycles. The van der Waals surface area contributed by atoms with Crippen LogP contribution in [0.4, 0.5) is 5.00 Å². The summed E-state index contributed by atoms with van der Waals surface area (Å²) in [6.07, 6.45) is 0. The zero-order valence-corrected chi connectivity index (χ0v) is 7.27. The molecule has 0 aliphatic heterocycles. The Kier molecular flexibility index (Phi) is 2.09. The van der Waals surface area contributed by atoms with Crippen LogP contribution >= 0.6 is 11.5 Å². The number of rotatable bonds is 1. The molecule has 0 fully saturated rings. The zero-order chi connectivity index (χ0) is 8.43. The second kappa shape index (κ2) is 2.87. The van der Waals surface area contributed by atoms with Crippen LogP contribution in [0.5, 0.6) is 0 Å². The first-order chi connectivity index (χ1) is 5.16. The third-order valence-electron chi connectivity index (χ3n) is 1.44. The molecule has 4 N–H and O–H groups in total. The van der Waals surface area contributed by atoms with E-state index >= 15 is 0 Å². The zero-order valence-electron chi connectivity index (χ0n) is 6.46. The van der Waals surface area contributed by atoms with Gasteiger partial charge in [-0.2, -0.15) is 9.47 Å². The molecule has 1 aromatic rings. The first-order valence-electron chi connectivity index (χ1n) is 3.13. The highest BCUT2D eigenvalue weighted by molar-refractivity contribution is 7.10. The van der Waals surface area contributed by atoms with Gasteiger partial charge < -0.3 is 11.6 Å². The molecule has 0 aliphatic carbocycles. The van der Waals surface area contributed by atoms with Crippen molar-refractivity contribution in [1.82, 2.24) is 4.37 Å². The predicted molar refractivity (Wildman–Crippen MR) is 47.7 cm³/mol. The molecule has 5 heteroatoms. The van der Waals surface area contributed by atoms with E-state index in [1.54, 1.807) is 0 Å². The highest BCUT2D eigenvalue weighted by atomic mass is 32.1. The molecule has 1 rings (SSSR count). The third-order valence-corrected chi connectivity index (χ3v) is 2.21. The van der Waals surface area contributed by atoms with Gasteiger partial charge in [-0.3, -0.25) is 0 Å². The molecule has 0 atom stereocenters. The van der Waals surface area contributed by atoms with Crippen molar-refractivity contribution in [2.24, 2.45) is 10.9 Å². The van der Waals surface area contributed by atoms with Crippen LogP contribution < -0.4 is 11.6 Å². The minimum Gasteiger partial charge on any atom is -0.389 e. The Labute approximate surface area is 69.1 Å². The van der Waals surface area contributed by atoms with E-state index in [9.17, 15) is 0 Å². The van der Waals surface area contributed by atoms with Crippen molar-refractivity contribution in [3.05, 3.63) is 11.3 Å². The molecule has 0 aliphatic rings. The molecule has 0 aromatic carbocycles. The number of hydrogen-bond donors (Lipinski definition) is 2. The standard InChI is InChI=1S/C6H10N4S/c1-3(9-8)5-4(2)10-11-6(5)7/h7-8H2,1-2H3/b9-3+. The normalized spacial score (nSPS) is 12.0. The molecule has 4 nitrogen and oxygen atoms in total. The van der Waals surface area contributed by atoms with Gasteiger partial charge in [0.1, 0.15) is 5.00 Å². The number of nitrogen functional groups attached to an aromatic ring is 1. The molecule has 60 valence electrons. The number of hydrazone groups is 1. The number of aromatic nitrogens is 1. The Morgan fingerprint density at radius 3 is 2.64 bits per heavy atom. The van der Waals surface area contributed by atoms with Crippen molar-refractivity contribution in [2.45, 2.75) is 13.8 Å². The van der Waals surface area contributed by atoms with Gasteiger partial charge in [0.2, 0.25) is 0 Å². The Hall–Kier alpha value is -1.10. The van der Waals surface area contributed by atoms with Crippen LogP contribution in [0.15, 0.2) is 5.10 Å². The second-order valence-corrected chi connectivity index (χ2v) is 3.03. The molecular formula is C6H10N4S. The number of nitrogens with zero attached hydrogens (tertiary/aromatic N) is 2. The highest BCUT2D eigenvalue weighted by Gasteiger charge is 2.09. The van der Waals surface area contributed by atoms with E-state index in [-0.39, 0.29) is 0 Å². The molecule has 0 amide bonds. The van der Waals surface area contributed by atoms with E-state index in [0.717, 1.165) is 17.0 Å². The lowest BCUT2D eigenvalue weighted by atomic mass is 10.2. The smallest absolute Gasteiger partial charge is 0.116 e. The van der Waals surface area contributed by atoms with E-state index in [1.165, 1.54) is 11.5 Å². The maximum Gasteiger partial charge on any atom is 0.116 e. The van der Waals surface area contributed by atoms with Gasteiger partial charge in [0.15, 0.2) is 0 Å². The Bertz CT molecular complexity index is 269. The van der Waals surface area contributed by atoms with Gasteiger partial charge in [0, 0.05) is 0 Å². The lowest BCUT2D eigenvalue weighted by Gasteiger charge is -1.96. The van der Waals surface area contributed by atoms with Gasteiger partial charge in [0.05, 0.1) is 17.0 Å². The summed E-state index contributed by atoms with van der Waals surface area (Å²) in [5.41, 5.74) is 8.13. The second-order valence-electron chi connectivity index (χ2n) is 2.22. The van der Waals surface area contributed by atoms with Crippen LogP contribution in [0.1, 0.15) is 18.2 Å². The highest BCUT2D eigenvalue weighted by Crippen LogP contribution is 2.20. The first-order valence-corrected chi connectivity index (χ1v) is 3.90. The molecular weight excluding hydrogens is 160 g/mol. The topological polar surface area (TPSA) is 77.3 Å². The Morgan fingerprint density at radius 2 is 2.27 bits per heavy atom. The van der Waals surface area contributed by atoms with E-state index in [0.29, 0.717) is 5.00 Å². The summed E-state index contributed by atoms with van der Waals surface area (Å²) in [6.45, 7) is 3.70. The molecule has 11 heavy (non-hydrogen) atoms. The van der Waals surface area contributed by atoms with Crippen molar-refractivity contribution in [2.75, 3.05) is 5.73 Å². The molecule has 0 saturated carbocycles. The molecule has 1 heterocycles. The minimum absolute atomic E-state index is 0.675. The maximum atomic E-state index is 5.64. The van der Waals surface area contributed by atoms with Crippen LogP contribution in [-0.4, -0.2) is 10.1 Å². The molecule has 0 unspecified atom stereocenters. The summed E-state index contributed by atoms with van der Waals surface area (Å²) < 4.78 is 4.07. The summed E-state index contributed by atoms with van der Waals surface area (Å²) in [7, 11) is 0. The number of anilines is 1. The molecule has 0 spiro atoms. The monoisotopic (exact) mass is 170 g/mol. The Balaban J connectivity index is 3.21. The van der Waals surface area contributed by atoms with Crippen LogP contribution in [0, 0.1) is 6.92 Å². The fraction of sp³-hybridized carbons (Fsp3) is 0.333. The van der Waals surface area contributed by atoms with Crippen molar-refractivity contribution < 1.29 is 0 Å². The van der Waals surface area contributed by atoms with Gasteiger partial charge >= 0.3 is 0 Å². The largest absolute Gasteiger partial charge is 0.389 e. The van der Waals surface area contributed by atoms with Gasteiger partial charge in [-0.25, -0.2) is 0 Å². The predicted octanol–water partition coefficient (Wildman–Crippen LogP) is 0.716. The number of hydrogen-bond acceptors (Lipinski definition) is 5. The molecule has 0 radical (unpaired) electrons. The van der Waals surface area contributed by atoms with Crippen molar-refractivity contribution in [1.29, 1.82) is 0 Å². The van der Waals surface area contributed by atoms with E-state index < -0.39 is 0 Å². The fourth-order valence-electron chi connectivity index (χ4n) is 0.892. The number of aryl methyl sites for hydroxylation is 1. The summed E-state index contributed by atoms with van der Waals surface area (Å²) in [6, 6.07) is 0. The van der Waals surface area contributed by atoms with Gasteiger partial charge in [0.25, 0.3) is 0 Å². The lowest BCUT2D eigenvalue weighted by Crippen LogP contribution is -2.02. The lowest BCUT2D eigenvalue weighted by molar-refractivity contribution is 1.23. The average Bonchev–Trinajstić information content (AvgIpc) is 2.30. The SMILES string of the molecule is C/C(=N\N)c1c(C)nsc1N. The summed E-state index contributed by atoms with van der Waals surface area (Å²) >= 11 is 1.27. The van der Waals surface area contributed by atoms with Crippen molar-refractivity contribution in [3.63, 3.8) is 0 Å². The van der Waals surface area contributed by atoms with Gasteiger partial charge in [-0.05, 0) is 25.4 Å². The molecule has 0 bridgehead atoms. The van der Waals surface area contributed by atoms with E-state index in [2.05, 4.69) is 9.47 Å². The summed E-state index contributed by atoms with van der Waals surface area (Å²) in [5.74, 6) is 5.11. The minimum atomic E-state index is 0.675. The summed E-state index contributed by atoms with van der Waals surface area (Å²) in [4.78, 5) is 0.